The van der Waals surface area contributed by atoms with E-state index in [1.54, 1.807) is 14.2 Å². The van der Waals surface area contributed by atoms with Crippen molar-refractivity contribution in [2.45, 2.75) is 78.4 Å². The fourth-order valence-corrected chi connectivity index (χ4v) is 2.73. The van der Waals surface area contributed by atoms with E-state index in [-0.39, 0.29) is 0 Å². The summed E-state index contributed by atoms with van der Waals surface area (Å²) in [4.78, 5) is 0. The molecule has 0 aromatic carbocycles. The van der Waals surface area contributed by atoms with Crippen LogP contribution in [0.3, 0.4) is 0 Å². The molecule has 2 heteroatoms. The zero-order chi connectivity index (χ0) is 14.0. The average molecular weight is 258 g/mol. The normalized spacial score (nSPS) is 14.2. The van der Waals surface area contributed by atoms with Gasteiger partial charge in [0.1, 0.15) is 0 Å². The van der Waals surface area contributed by atoms with Gasteiger partial charge in [-0.1, -0.05) is 59.3 Å². The average Bonchev–Trinajstić information content (AvgIpc) is 2.36. The Kier molecular flexibility index (Phi) is 9.76. The van der Waals surface area contributed by atoms with Crippen LogP contribution in [0.1, 0.15) is 72.6 Å². The third-order valence-electron chi connectivity index (χ3n) is 4.16. The Balaban J connectivity index is 4.05. The smallest absolute Gasteiger partial charge is 0.167 e. The Morgan fingerprint density at radius 1 is 0.889 bits per heavy atom. The van der Waals surface area contributed by atoms with E-state index in [0.29, 0.717) is 11.8 Å². The Bertz CT molecular complexity index is 186. The van der Waals surface area contributed by atoms with Crippen molar-refractivity contribution in [2.75, 3.05) is 14.2 Å². The van der Waals surface area contributed by atoms with Crippen molar-refractivity contribution in [1.82, 2.24) is 0 Å². The number of hydrogen-bond donors (Lipinski definition) is 0. The van der Waals surface area contributed by atoms with Gasteiger partial charge in [-0.15, -0.1) is 0 Å². The van der Waals surface area contributed by atoms with Gasteiger partial charge in [-0.3, -0.25) is 0 Å². The highest BCUT2D eigenvalue weighted by Crippen LogP contribution is 2.33. The van der Waals surface area contributed by atoms with Gasteiger partial charge >= 0.3 is 0 Å². The van der Waals surface area contributed by atoms with Crippen LogP contribution in [0.5, 0.6) is 0 Å². The highest BCUT2D eigenvalue weighted by atomic mass is 16.7. The number of hydrogen-bond acceptors (Lipinski definition) is 2. The number of ether oxygens (including phenoxy) is 2. The molecular weight excluding hydrogens is 224 g/mol. The standard InChI is InChI=1S/C16H34O2/c1-7-8-9-10-11-12-13-15(14(2)3)16(4,17-5)18-6/h14-15H,7-13H2,1-6H3. The maximum atomic E-state index is 5.58. The first-order valence-corrected chi connectivity index (χ1v) is 7.62. The highest BCUT2D eigenvalue weighted by Gasteiger charge is 2.35. The molecule has 1 unspecified atom stereocenters. The summed E-state index contributed by atoms with van der Waals surface area (Å²) in [7, 11) is 3.50. The summed E-state index contributed by atoms with van der Waals surface area (Å²) >= 11 is 0. The molecule has 0 saturated carbocycles. The second kappa shape index (κ2) is 9.80. The molecule has 110 valence electrons. The summed E-state index contributed by atoms with van der Waals surface area (Å²) < 4.78 is 11.2. The third-order valence-corrected chi connectivity index (χ3v) is 4.16. The summed E-state index contributed by atoms with van der Waals surface area (Å²) in [5, 5.41) is 0. The molecule has 0 heterocycles. The van der Waals surface area contributed by atoms with Gasteiger partial charge in [0.2, 0.25) is 0 Å². The van der Waals surface area contributed by atoms with E-state index in [1.807, 2.05) is 0 Å². The Labute approximate surface area is 114 Å². The molecule has 0 aliphatic carbocycles. The summed E-state index contributed by atoms with van der Waals surface area (Å²) in [5.74, 6) is 0.627. The van der Waals surface area contributed by atoms with Crippen LogP contribution < -0.4 is 0 Å². The van der Waals surface area contributed by atoms with E-state index in [1.165, 1.54) is 44.9 Å². The highest BCUT2D eigenvalue weighted by molar-refractivity contribution is 4.77. The molecule has 1 atom stereocenters. The van der Waals surface area contributed by atoms with Crippen LogP contribution in [0.25, 0.3) is 0 Å². The Morgan fingerprint density at radius 3 is 1.83 bits per heavy atom. The van der Waals surface area contributed by atoms with Crippen LogP contribution in [-0.2, 0) is 9.47 Å². The van der Waals surface area contributed by atoms with E-state index in [0.717, 1.165) is 0 Å². The lowest BCUT2D eigenvalue weighted by molar-refractivity contribution is -0.236. The molecular formula is C16H34O2. The summed E-state index contributed by atoms with van der Waals surface area (Å²) in [6, 6.07) is 0. The molecule has 0 fully saturated rings. The molecule has 18 heavy (non-hydrogen) atoms. The molecule has 0 rings (SSSR count). The van der Waals surface area contributed by atoms with Crippen molar-refractivity contribution in [3.05, 3.63) is 0 Å². The van der Waals surface area contributed by atoms with E-state index >= 15 is 0 Å². The van der Waals surface area contributed by atoms with Gasteiger partial charge in [-0.2, -0.15) is 0 Å². The maximum absolute atomic E-state index is 5.58. The van der Waals surface area contributed by atoms with E-state index in [4.69, 9.17) is 9.47 Å². The lowest BCUT2D eigenvalue weighted by atomic mass is 9.83. The number of rotatable bonds is 11. The SMILES string of the molecule is CCCCCCCCC(C(C)C)C(C)(OC)OC. The predicted octanol–water partition coefficient (Wildman–Crippen LogP) is 5.02. The molecule has 2 nitrogen and oxygen atoms in total. The van der Waals surface area contributed by atoms with Crippen LogP contribution >= 0.6 is 0 Å². The summed E-state index contributed by atoms with van der Waals surface area (Å²) in [5.41, 5.74) is 0. The van der Waals surface area contributed by atoms with Gasteiger partial charge in [0, 0.05) is 20.1 Å². The lowest BCUT2D eigenvalue weighted by Crippen LogP contribution is -2.41. The molecule has 0 radical (unpaired) electrons. The van der Waals surface area contributed by atoms with Crippen molar-refractivity contribution in [2.24, 2.45) is 11.8 Å². The third kappa shape index (κ3) is 6.19. The van der Waals surface area contributed by atoms with Crippen molar-refractivity contribution in [1.29, 1.82) is 0 Å². The van der Waals surface area contributed by atoms with Crippen LogP contribution in [0.2, 0.25) is 0 Å². The van der Waals surface area contributed by atoms with Crippen LogP contribution in [0.4, 0.5) is 0 Å². The minimum atomic E-state index is -0.433. The summed E-state index contributed by atoms with van der Waals surface area (Å²) in [6.07, 6.45) is 9.27. The molecule has 0 bridgehead atoms. The largest absolute Gasteiger partial charge is 0.353 e. The first-order valence-electron chi connectivity index (χ1n) is 7.62. The van der Waals surface area contributed by atoms with Gasteiger partial charge in [0.05, 0.1) is 0 Å². The quantitative estimate of drug-likeness (QED) is 0.383. The van der Waals surface area contributed by atoms with Crippen molar-refractivity contribution >= 4 is 0 Å². The maximum Gasteiger partial charge on any atom is 0.167 e. The molecule has 0 aliphatic rings. The minimum Gasteiger partial charge on any atom is -0.353 e. The number of methoxy groups -OCH3 is 2. The molecule has 0 aliphatic heterocycles. The Morgan fingerprint density at radius 2 is 1.39 bits per heavy atom. The molecule has 0 amide bonds. The lowest BCUT2D eigenvalue weighted by Gasteiger charge is -2.37. The zero-order valence-corrected chi connectivity index (χ0v) is 13.4. The van der Waals surface area contributed by atoms with Gasteiger partial charge in [-0.05, 0) is 19.3 Å². The topological polar surface area (TPSA) is 18.5 Å². The molecule has 0 N–H and O–H groups in total. The monoisotopic (exact) mass is 258 g/mol. The molecule has 0 aromatic rings. The molecule has 0 saturated heterocycles. The zero-order valence-electron chi connectivity index (χ0n) is 13.4. The van der Waals surface area contributed by atoms with Crippen LogP contribution in [0, 0.1) is 11.8 Å². The van der Waals surface area contributed by atoms with Gasteiger partial charge < -0.3 is 9.47 Å². The second-order valence-electron chi connectivity index (χ2n) is 5.83. The predicted molar refractivity (Wildman–Crippen MR) is 78.7 cm³/mol. The van der Waals surface area contributed by atoms with E-state index < -0.39 is 5.79 Å². The van der Waals surface area contributed by atoms with Crippen molar-refractivity contribution < 1.29 is 9.47 Å². The van der Waals surface area contributed by atoms with E-state index in [2.05, 4.69) is 27.7 Å². The van der Waals surface area contributed by atoms with Crippen LogP contribution in [-0.4, -0.2) is 20.0 Å². The first-order chi connectivity index (χ1) is 8.51. The van der Waals surface area contributed by atoms with E-state index in [9.17, 15) is 0 Å². The van der Waals surface area contributed by atoms with Crippen molar-refractivity contribution in [3.63, 3.8) is 0 Å². The van der Waals surface area contributed by atoms with Crippen LogP contribution in [0.15, 0.2) is 0 Å². The first kappa shape index (κ1) is 17.9. The fraction of sp³-hybridized carbons (Fsp3) is 1.00. The van der Waals surface area contributed by atoms with Crippen molar-refractivity contribution in [3.8, 4) is 0 Å². The van der Waals surface area contributed by atoms with Gasteiger partial charge in [-0.25, -0.2) is 0 Å². The van der Waals surface area contributed by atoms with Gasteiger partial charge in [0.25, 0.3) is 0 Å². The molecule has 0 spiro atoms. The minimum absolute atomic E-state index is 0.433. The Hall–Kier alpha value is -0.0800. The summed E-state index contributed by atoms with van der Waals surface area (Å²) in [6.45, 7) is 8.85. The number of unbranched alkanes of at least 4 members (excludes halogenated alkanes) is 5. The molecule has 0 aromatic heterocycles. The fourth-order valence-electron chi connectivity index (χ4n) is 2.73. The van der Waals surface area contributed by atoms with Gasteiger partial charge in [0.15, 0.2) is 5.79 Å². The second-order valence-corrected chi connectivity index (χ2v) is 5.83.